The van der Waals surface area contributed by atoms with Crippen LogP contribution in [0.2, 0.25) is 0 Å². The minimum atomic E-state index is -0.511. The molecule has 6 heteroatoms. The van der Waals surface area contributed by atoms with E-state index in [1.54, 1.807) is 0 Å². The molecule has 1 aromatic heterocycles. The Morgan fingerprint density at radius 3 is 2.45 bits per heavy atom. The number of ether oxygens (including phenoxy) is 1. The number of hydrogen-bond donors (Lipinski definition) is 2. The van der Waals surface area contributed by atoms with E-state index in [0.717, 1.165) is 23.4 Å². The fourth-order valence-electron chi connectivity index (χ4n) is 1.54. The number of anilines is 1. The van der Waals surface area contributed by atoms with Crippen LogP contribution in [0.5, 0.6) is 0 Å². The van der Waals surface area contributed by atoms with Crippen molar-refractivity contribution in [3.63, 3.8) is 0 Å². The molecule has 20 heavy (non-hydrogen) atoms. The summed E-state index contributed by atoms with van der Waals surface area (Å²) in [7, 11) is 0. The highest BCUT2D eigenvalue weighted by Crippen LogP contribution is 2.25. The van der Waals surface area contributed by atoms with Crippen LogP contribution < -0.4 is 11.1 Å². The molecule has 0 spiro atoms. The van der Waals surface area contributed by atoms with Gasteiger partial charge in [-0.05, 0) is 54.4 Å². The van der Waals surface area contributed by atoms with Gasteiger partial charge in [-0.3, -0.25) is 5.32 Å². The summed E-state index contributed by atoms with van der Waals surface area (Å²) in [5, 5.41) is 3.24. The first kappa shape index (κ1) is 16.9. The molecule has 114 valence electrons. The van der Waals surface area contributed by atoms with Gasteiger partial charge >= 0.3 is 6.09 Å². The molecule has 0 saturated heterocycles. The van der Waals surface area contributed by atoms with Crippen LogP contribution in [0.1, 0.15) is 51.6 Å². The summed E-state index contributed by atoms with van der Waals surface area (Å²) in [4.78, 5) is 17.2. The number of aromatic nitrogens is 1. The normalized spacial score (nSPS) is 12.3. The highest BCUT2D eigenvalue weighted by molar-refractivity contribution is 7.15. The number of nitrogens with one attached hydrogen (secondary N) is 1. The van der Waals surface area contributed by atoms with Gasteiger partial charge in [-0.25, -0.2) is 9.78 Å². The first-order chi connectivity index (χ1) is 8.96. The number of rotatable bonds is 4. The van der Waals surface area contributed by atoms with E-state index in [4.69, 9.17) is 10.5 Å². The van der Waals surface area contributed by atoms with Crippen LogP contribution in [0.15, 0.2) is 0 Å². The maximum atomic E-state index is 11.7. The predicted octanol–water partition coefficient (Wildman–Crippen LogP) is 3.47. The van der Waals surface area contributed by atoms with E-state index in [1.165, 1.54) is 11.3 Å². The largest absolute Gasteiger partial charge is 0.444 e. The van der Waals surface area contributed by atoms with E-state index in [-0.39, 0.29) is 5.54 Å². The molecule has 0 saturated carbocycles. The van der Waals surface area contributed by atoms with Gasteiger partial charge in [0.25, 0.3) is 0 Å². The fourth-order valence-corrected chi connectivity index (χ4v) is 2.49. The number of amides is 1. The quantitative estimate of drug-likeness (QED) is 0.892. The SMILES string of the molecule is Cc1nc(NC(=O)OC(C)(C)C)sc1CCC(C)(C)N. The monoisotopic (exact) mass is 299 g/mol. The summed E-state index contributed by atoms with van der Waals surface area (Å²) in [6.45, 7) is 11.4. The van der Waals surface area contributed by atoms with Crippen molar-refractivity contribution in [1.29, 1.82) is 0 Å². The second kappa shape index (κ2) is 6.10. The molecule has 0 radical (unpaired) electrons. The van der Waals surface area contributed by atoms with Gasteiger partial charge in [0.05, 0.1) is 5.69 Å². The van der Waals surface area contributed by atoms with Crippen LogP contribution in [-0.2, 0) is 11.2 Å². The zero-order valence-corrected chi connectivity index (χ0v) is 14.0. The molecule has 0 aliphatic heterocycles. The summed E-state index contributed by atoms with van der Waals surface area (Å²) < 4.78 is 5.20. The lowest BCUT2D eigenvalue weighted by molar-refractivity contribution is 0.0636. The molecule has 5 nitrogen and oxygen atoms in total. The van der Waals surface area contributed by atoms with E-state index in [1.807, 2.05) is 41.5 Å². The maximum absolute atomic E-state index is 11.7. The van der Waals surface area contributed by atoms with Crippen LogP contribution >= 0.6 is 11.3 Å². The first-order valence-corrected chi connectivity index (χ1v) is 7.53. The van der Waals surface area contributed by atoms with Crippen molar-refractivity contribution < 1.29 is 9.53 Å². The molecule has 0 aliphatic carbocycles. The molecule has 0 fully saturated rings. The number of carbonyl (C=O) groups is 1. The second-order valence-corrected chi connectivity index (χ2v) is 7.73. The highest BCUT2D eigenvalue weighted by Gasteiger charge is 2.19. The molecule has 1 aromatic rings. The minimum Gasteiger partial charge on any atom is -0.444 e. The van der Waals surface area contributed by atoms with Gasteiger partial charge in [-0.15, -0.1) is 11.3 Å². The lowest BCUT2D eigenvalue weighted by atomic mass is 9.99. The third-order valence-electron chi connectivity index (χ3n) is 2.50. The number of hydrogen-bond acceptors (Lipinski definition) is 5. The van der Waals surface area contributed by atoms with Gasteiger partial charge in [0.15, 0.2) is 5.13 Å². The van der Waals surface area contributed by atoms with Gasteiger partial charge in [0, 0.05) is 10.4 Å². The van der Waals surface area contributed by atoms with Crippen molar-refractivity contribution >= 4 is 22.6 Å². The Bertz CT molecular complexity index is 470. The van der Waals surface area contributed by atoms with Crippen molar-refractivity contribution in [2.75, 3.05) is 5.32 Å². The number of nitrogens with two attached hydrogens (primary N) is 1. The van der Waals surface area contributed by atoms with Crippen LogP contribution in [-0.4, -0.2) is 22.2 Å². The molecule has 0 aromatic carbocycles. The summed E-state index contributed by atoms with van der Waals surface area (Å²) >= 11 is 1.48. The van der Waals surface area contributed by atoms with Crippen molar-refractivity contribution in [3.05, 3.63) is 10.6 Å². The van der Waals surface area contributed by atoms with Gasteiger partial charge in [-0.2, -0.15) is 0 Å². The average molecular weight is 299 g/mol. The third-order valence-corrected chi connectivity index (χ3v) is 3.63. The van der Waals surface area contributed by atoms with Crippen molar-refractivity contribution in [3.8, 4) is 0 Å². The number of nitrogens with zero attached hydrogens (tertiary/aromatic N) is 1. The molecule has 1 heterocycles. The van der Waals surface area contributed by atoms with Gasteiger partial charge in [0.2, 0.25) is 0 Å². The van der Waals surface area contributed by atoms with Gasteiger partial charge in [0.1, 0.15) is 5.60 Å². The summed E-state index contributed by atoms with van der Waals surface area (Å²) in [6.07, 6.45) is 1.27. The number of carbonyl (C=O) groups excluding carboxylic acids is 1. The molecular formula is C14H25N3O2S. The molecule has 1 amide bonds. The molecule has 0 bridgehead atoms. The second-order valence-electron chi connectivity index (χ2n) is 6.64. The Balaban J connectivity index is 2.63. The summed E-state index contributed by atoms with van der Waals surface area (Å²) in [6, 6.07) is 0. The molecule has 0 atom stereocenters. The average Bonchev–Trinajstić information content (AvgIpc) is 2.51. The maximum Gasteiger partial charge on any atom is 0.413 e. The topological polar surface area (TPSA) is 77.2 Å². The summed E-state index contributed by atoms with van der Waals surface area (Å²) in [5.74, 6) is 0. The standard InChI is InChI=1S/C14H25N3O2S/c1-9-10(7-8-14(5,6)15)20-11(16-9)17-12(18)19-13(2,3)4/h7-8,15H2,1-6H3,(H,16,17,18). The Morgan fingerprint density at radius 1 is 1.35 bits per heavy atom. The highest BCUT2D eigenvalue weighted by atomic mass is 32.1. The fraction of sp³-hybridized carbons (Fsp3) is 0.714. The molecule has 3 N–H and O–H groups in total. The minimum absolute atomic E-state index is 0.199. The lowest BCUT2D eigenvalue weighted by Gasteiger charge is -2.19. The Hall–Kier alpha value is -1.14. The zero-order chi connectivity index (χ0) is 15.6. The summed E-state index contributed by atoms with van der Waals surface area (Å²) in [5.41, 5.74) is 6.21. The third kappa shape index (κ3) is 6.34. The lowest BCUT2D eigenvalue weighted by Crippen LogP contribution is -2.32. The van der Waals surface area contributed by atoms with E-state index in [2.05, 4.69) is 10.3 Å². The van der Waals surface area contributed by atoms with E-state index >= 15 is 0 Å². The van der Waals surface area contributed by atoms with Crippen LogP contribution in [0, 0.1) is 6.92 Å². The van der Waals surface area contributed by atoms with E-state index < -0.39 is 11.7 Å². The van der Waals surface area contributed by atoms with Crippen LogP contribution in [0.3, 0.4) is 0 Å². The first-order valence-electron chi connectivity index (χ1n) is 6.71. The molecule has 1 rings (SSSR count). The van der Waals surface area contributed by atoms with Crippen molar-refractivity contribution in [1.82, 2.24) is 4.98 Å². The Kier molecular flexibility index (Phi) is 5.15. The Labute approximate surface area is 124 Å². The molecule has 0 aliphatic rings. The van der Waals surface area contributed by atoms with E-state index in [9.17, 15) is 4.79 Å². The molecule has 0 unspecified atom stereocenters. The number of aryl methyl sites for hydroxylation is 2. The van der Waals surface area contributed by atoms with Crippen molar-refractivity contribution in [2.45, 2.75) is 65.5 Å². The van der Waals surface area contributed by atoms with Crippen LogP contribution in [0.25, 0.3) is 0 Å². The van der Waals surface area contributed by atoms with Gasteiger partial charge in [-0.1, -0.05) is 0 Å². The predicted molar refractivity (Wildman–Crippen MR) is 83.3 cm³/mol. The zero-order valence-electron chi connectivity index (χ0n) is 13.2. The molecular weight excluding hydrogens is 274 g/mol. The smallest absolute Gasteiger partial charge is 0.413 e. The van der Waals surface area contributed by atoms with E-state index in [0.29, 0.717) is 5.13 Å². The van der Waals surface area contributed by atoms with Crippen LogP contribution in [0.4, 0.5) is 9.93 Å². The van der Waals surface area contributed by atoms with Gasteiger partial charge < -0.3 is 10.5 Å². The van der Waals surface area contributed by atoms with Crippen molar-refractivity contribution in [2.24, 2.45) is 5.73 Å². The Morgan fingerprint density at radius 2 is 1.95 bits per heavy atom. The number of thiazole rings is 1.